The number of hydrogen-bond acceptors (Lipinski definition) is 6. The van der Waals surface area contributed by atoms with Crippen molar-refractivity contribution in [3.63, 3.8) is 0 Å². The first kappa shape index (κ1) is 34.4. The highest BCUT2D eigenvalue weighted by molar-refractivity contribution is 6.68. The number of halogens is 12. The van der Waals surface area contributed by atoms with E-state index in [0.717, 1.165) is 0 Å². The molecule has 0 aliphatic carbocycles. The first-order valence-electron chi connectivity index (χ1n) is 10.3. The van der Waals surface area contributed by atoms with Crippen LogP contribution in [0.2, 0.25) is 0 Å². The smallest absolute Gasteiger partial charge is 0.209 e. The van der Waals surface area contributed by atoms with Crippen LogP contribution in [-0.4, -0.2) is 29.9 Å². The highest BCUT2D eigenvalue weighted by Gasteiger charge is 2.35. The third-order valence-corrected chi connectivity index (χ3v) is 6.38. The molecular formula is C22H10Cl12N6. The summed E-state index contributed by atoms with van der Waals surface area (Å²) in [5, 5.41) is 0. The van der Waals surface area contributed by atoms with E-state index in [9.17, 15) is 0 Å². The third-order valence-electron chi connectivity index (χ3n) is 4.35. The van der Waals surface area contributed by atoms with Crippen molar-refractivity contribution in [1.82, 2.24) is 29.9 Å². The summed E-state index contributed by atoms with van der Waals surface area (Å²) in [6.07, 6.45) is 0. The van der Waals surface area contributed by atoms with Gasteiger partial charge in [-0.05, 0) is 0 Å². The zero-order chi connectivity index (χ0) is 29.9. The third kappa shape index (κ3) is 10.0. The zero-order valence-electron chi connectivity index (χ0n) is 19.0. The Kier molecular flexibility index (Phi) is 11.8. The van der Waals surface area contributed by atoms with Gasteiger partial charge in [-0.1, -0.05) is 200 Å². The Balaban J connectivity index is 0.000000220. The van der Waals surface area contributed by atoms with E-state index in [1.54, 1.807) is 24.3 Å². The monoisotopic (exact) mass is 778 g/mol. The fraction of sp³-hybridized carbons (Fsp3) is 0.182. The lowest BCUT2D eigenvalue weighted by Gasteiger charge is -2.15. The molecule has 0 aliphatic heterocycles. The van der Waals surface area contributed by atoms with Crippen molar-refractivity contribution >= 4 is 139 Å². The van der Waals surface area contributed by atoms with Gasteiger partial charge in [-0.3, -0.25) is 0 Å². The minimum absolute atomic E-state index is 0.113. The van der Waals surface area contributed by atoms with E-state index in [2.05, 4.69) is 29.9 Å². The molecule has 4 rings (SSSR count). The molecule has 0 fully saturated rings. The van der Waals surface area contributed by atoms with Crippen LogP contribution >= 0.6 is 139 Å². The van der Waals surface area contributed by atoms with Crippen molar-refractivity contribution in [2.24, 2.45) is 0 Å². The van der Waals surface area contributed by atoms with Crippen LogP contribution in [0.25, 0.3) is 22.8 Å². The van der Waals surface area contributed by atoms with Crippen molar-refractivity contribution in [3.8, 4) is 22.8 Å². The van der Waals surface area contributed by atoms with Gasteiger partial charge in [-0.25, -0.2) is 29.9 Å². The maximum atomic E-state index is 5.79. The molecule has 40 heavy (non-hydrogen) atoms. The summed E-state index contributed by atoms with van der Waals surface area (Å²) in [5.41, 5.74) is 1.36. The van der Waals surface area contributed by atoms with Gasteiger partial charge < -0.3 is 0 Å². The maximum absolute atomic E-state index is 5.79. The summed E-state index contributed by atoms with van der Waals surface area (Å²) < 4.78 is -7.40. The van der Waals surface area contributed by atoms with Crippen LogP contribution in [0.3, 0.4) is 0 Å². The number of hydrogen-bond donors (Lipinski definition) is 0. The number of rotatable bonds is 2. The first-order chi connectivity index (χ1) is 18.4. The van der Waals surface area contributed by atoms with Gasteiger partial charge in [0, 0.05) is 11.1 Å². The Bertz CT molecular complexity index is 1260. The van der Waals surface area contributed by atoms with E-state index >= 15 is 0 Å². The second-order valence-corrected chi connectivity index (χ2v) is 16.5. The van der Waals surface area contributed by atoms with E-state index in [1.165, 1.54) is 0 Å². The normalized spacial score (nSPS) is 12.5. The van der Waals surface area contributed by atoms with Crippen LogP contribution in [0.5, 0.6) is 0 Å². The Morgan fingerprint density at radius 3 is 0.750 bits per heavy atom. The Morgan fingerprint density at radius 1 is 0.325 bits per heavy atom. The SMILES string of the molecule is ClC(Cl)(Cl)c1nc(-c2ccccc2)nc(C(Cl)(Cl)Cl)n1.ClC(Cl)(Cl)c1nc(-c2ccccc2)nc(C(Cl)(Cl)Cl)n1. The van der Waals surface area contributed by atoms with Gasteiger partial charge in [0.05, 0.1) is 0 Å². The molecule has 0 N–H and O–H groups in total. The standard InChI is InChI=1S/2C11H5Cl6N3/c2*12-10(13,14)8-18-7(6-4-2-1-3-5-6)19-9(20-8)11(15,16)17/h2*1-5H. The second kappa shape index (κ2) is 13.7. The van der Waals surface area contributed by atoms with Gasteiger partial charge in [0.1, 0.15) is 0 Å². The van der Waals surface area contributed by atoms with Crippen LogP contribution in [0.1, 0.15) is 23.3 Å². The molecule has 4 aromatic rings. The van der Waals surface area contributed by atoms with Crippen LogP contribution in [0, 0.1) is 0 Å². The molecule has 0 saturated heterocycles. The molecule has 0 aliphatic rings. The van der Waals surface area contributed by atoms with Crippen molar-refractivity contribution in [2.75, 3.05) is 0 Å². The van der Waals surface area contributed by atoms with Crippen molar-refractivity contribution in [3.05, 3.63) is 84.0 Å². The fourth-order valence-electron chi connectivity index (χ4n) is 2.69. The minimum atomic E-state index is -1.85. The summed E-state index contributed by atoms with van der Waals surface area (Å²) in [4.78, 5) is 24.2. The molecule has 0 unspecified atom stereocenters. The van der Waals surface area contributed by atoms with Crippen molar-refractivity contribution in [2.45, 2.75) is 15.2 Å². The first-order valence-corrected chi connectivity index (χ1v) is 14.8. The number of benzene rings is 2. The molecule has 0 radical (unpaired) electrons. The molecule has 0 atom stereocenters. The quantitative estimate of drug-likeness (QED) is 0.189. The van der Waals surface area contributed by atoms with E-state index < -0.39 is 15.2 Å². The largest absolute Gasteiger partial charge is 0.250 e. The molecule has 6 nitrogen and oxygen atoms in total. The van der Waals surface area contributed by atoms with Gasteiger partial charge >= 0.3 is 0 Å². The predicted octanol–water partition coefficient (Wildman–Crippen LogP) is 10.4. The molecule has 2 aromatic carbocycles. The van der Waals surface area contributed by atoms with E-state index in [-0.39, 0.29) is 34.9 Å². The lowest BCUT2D eigenvalue weighted by atomic mass is 10.2. The van der Waals surface area contributed by atoms with Gasteiger partial charge in [-0.15, -0.1) is 0 Å². The van der Waals surface area contributed by atoms with Crippen molar-refractivity contribution in [1.29, 1.82) is 0 Å². The Labute approximate surface area is 288 Å². The van der Waals surface area contributed by atoms with E-state index in [1.807, 2.05) is 36.4 Å². The van der Waals surface area contributed by atoms with Gasteiger partial charge in [0.15, 0.2) is 34.9 Å². The predicted molar refractivity (Wildman–Crippen MR) is 167 cm³/mol. The van der Waals surface area contributed by atoms with Crippen LogP contribution in [0.4, 0.5) is 0 Å². The maximum Gasteiger partial charge on any atom is 0.250 e. The van der Waals surface area contributed by atoms with E-state index in [4.69, 9.17) is 139 Å². The molecule has 0 spiro atoms. The lowest BCUT2D eigenvalue weighted by molar-refractivity contribution is 0.851. The van der Waals surface area contributed by atoms with Gasteiger partial charge in [0.25, 0.3) is 0 Å². The molecule has 0 amide bonds. The summed E-state index contributed by atoms with van der Waals surface area (Å²) in [6.45, 7) is 0. The van der Waals surface area contributed by atoms with Crippen LogP contribution < -0.4 is 0 Å². The highest BCUT2D eigenvalue weighted by atomic mass is 35.6. The summed E-state index contributed by atoms with van der Waals surface area (Å²) in [7, 11) is 0. The Hall–Kier alpha value is -0.0600. The van der Waals surface area contributed by atoms with E-state index in [0.29, 0.717) is 11.1 Å². The summed E-state index contributed by atoms with van der Waals surface area (Å²) >= 11 is 69.5. The number of aromatic nitrogens is 6. The summed E-state index contributed by atoms with van der Waals surface area (Å²) in [5.74, 6) is 0.0530. The molecule has 2 aromatic heterocycles. The topological polar surface area (TPSA) is 77.3 Å². The average molecular weight is 784 g/mol. The molecule has 0 bridgehead atoms. The van der Waals surface area contributed by atoms with Crippen LogP contribution in [0.15, 0.2) is 60.7 Å². The van der Waals surface area contributed by atoms with Crippen LogP contribution in [-0.2, 0) is 15.2 Å². The molecule has 212 valence electrons. The lowest BCUT2D eigenvalue weighted by Crippen LogP contribution is -2.16. The molecule has 2 heterocycles. The van der Waals surface area contributed by atoms with Gasteiger partial charge in [0.2, 0.25) is 15.2 Å². The fourth-order valence-corrected chi connectivity index (χ4v) is 3.71. The number of alkyl halides is 12. The highest BCUT2D eigenvalue weighted by Crippen LogP contribution is 2.42. The van der Waals surface area contributed by atoms with Crippen molar-refractivity contribution < 1.29 is 0 Å². The number of nitrogens with zero attached hydrogens (tertiary/aromatic N) is 6. The summed E-state index contributed by atoms with van der Waals surface area (Å²) in [6, 6.07) is 18.0. The zero-order valence-corrected chi connectivity index (χ0v) is 28.1. The molecule has 18 heteroatoms. The molecular weight excluding hydrogens is 774 g/mol. The Morgan fingerprint density at radius 2 is 0.550 bits per heavy atom. The average Bonchev–Trinajstić information content (AvgIpc) is 2.87. The molecule has 0 saturated carbocycles. The second-order valence-electron chi connectivity index (χ2n) is 7.34. The van der Waals surface area contributed by atoms with Gasteiger partial charge in [-0.2, -0.15) is 0 Å². The minimum Gasteiger partial charge on any atom is -0.209 e.